The first kappa shape index (κ1) is 20.9. The standard InChI is InChI=1S/C16H18ClN3O6S/c1-2-24-15(21)9-26-16(22)11-6-14(20(23)27-18)12(17)7-13(11)19-8-10-4-3-5-25-10/h3-7,19,23H,2,8-9,18H2,1H3. The minimum atomic E-state index is -0.807. The Labute approximate surface area is 164 Å². The molecule has 4 N–H and O–H groups in total. The Bertz CT molecular complexity index is 787. The first-order valence-electron chi connectivity index (χ1n) is 7.74. The number of ether oxygens (including phenoxy) is 2. The van der Waals surface area contributed by atoms with Crippen molar-refractivity contribution in [1.29, 1.82) is 0 Å². The summed E-state index contributed by atoms with van der Waals surface area (Å²) in [7, 11) is 0. The summed E-state index contributed by atoms with van der Waals surface area (Å²) in [5, 5.41) is 18.3. The molecule has 0 aliphatic heterocycles. The summed E-state index contributed by atoms with van der Waals surface area (Å²) in [6.07, 6.45) is 1.52. The highest BCUT2D eigenvalue weighted by atomic mass is 35.5. The van der Waals surface area contributed by atoms with Crippen LogP contribution in [0.5, 0.6) is 0 Å². The number of rotatable bonds is 9. The van der Waals surface area contributed by atoms with Crippen molar-refractivity contribution >= 4 is 47.0 Å². The predicted octanol–water partition coefficient (Wildman–Crippen LogP) is 2.98. The van der Waals surface area contributed by atoms with E-state index in [0.717, 1.165) is 0 Å². The van der Waals surface area contributed by atoms with Gasteiger partial charge in [0.25, 0.3) is 0 Å². The molecule has 0 saturated carbocycles. The molecule has 0 atom stereocenters. The van der Waals surface area contributed by atoms with Crippen LogP contribution in [0, 0.1) is 0 Å². The molecule has 11 heteroatoms. The molecule has 0 aliphatic rings. The number of nitrogens with zero attached hydrogens (tertiary/aromatic N) is 1. The Hall–Kier alpha value is -2.40. The summed E-state index contributed by atoms with van der Waals surface area (Å²) in [5.41, 5.74) is 0.443. The summed E-state index contributed by atoms with van der Waals surface area (Å²) in [6, 6.07) is 6.20. The summed E-state index contributed by atoms with van der Waals surface area (Å²) in [4.78, 5) is 23.8. The Balaban J connectivity index is 2.25. The van der Waals surface area contributed by atoms with E-state index >= 15 is 0 Å². The van der Waals surface area contributed by atoms with Crippen molar-refractivity contribution in [3.05, 3.63) is 46.9 Å². The molecule has 0 unspecified atom stereocenters. The van der Waals surface area contributed by atoms with Gasteiger partial charge in [0.1, 0.15) is 5.76 Å². The predicted molar refractivity (Wildman–Crippen MR) is 100 cm³/mol. The van der Waals surface area contributed by atoms with E-state index in [-0.39, 0.29) is 29.4 Å². The van der Waals surface area contributed by atoms with Gasteiger partial charge in [-0.1, -0.05) is 11.6 Å². The Morgan fingerprint density at radius 1 is 1.41 bits per heavy atom. The Morgan fingerprint density at radius 2 is 2.19 bits per heavy atom. The van der Waals surface area contributed by atoms with Gasteiger partial charge in [-0.3, -0.25) is 10.3 Å². The van der Waals surface area contributed by atoms with Gasteiger partial charge < -0.3 is 19.2 Å². The molecule has 2 aromatic rings. The lowest BCUT2D eigenvalue weighted by Crippen LogP contribution is -2.18. The van der Waals surface area contributed by atoms with Gasteiger partial charge in [-0.2, -0.15) is 4.47 Å². The molecule has 1 heterocycles. The maximum absolute atomic E-state index is 12.4. The van der Waals surface area contributed by atoms with E-state index in [1.807, 2.05) is 0 Å². The fourth-order valence-electron chi connectivity index (χ4n) is 2.08. The van der Waals surface area contributed by atoms with Crippen molar-refractivity contribution in [1.82, 2.24) is 0 Å². The number of hydrogen-bond acceptors (Lipinski definition) is 10. The third kappa shape index (κ3) is 5.79. The lowest BCUT2D eigenvalue weighted by molar-refractivity contribution is -0.146. The summed E-state index contributed by atoms with van der Waals surface area (Å²) < 4.78 is 15.5. The summed E-state index contributed by atoms with van der Waals surface area (Å²) in [5.74, 6) is -0.855. The molecule has 2 rings (SSSR count). The second kappa shape index (κ2) is 10.1. The molecular weight excluding hydrogens is 398 g/mol. The molecule has 0 amide bonds. The van der Waals surface area contributed by atoms with Gasteiger partial charge in [0, 0.05) is 0 Å². The maximum Gasteiger partial charge on any atom is 0.344 e. The molecule has 0 bridgehead atoms. The van der Waals surface area contributed by atoms with Crippen LogP contribution in [-0.2, 0) is 20.8 Å². The van der Waals surface area contributed by atoms with Gasteiger partial charge >= 0.3 is 11.9 Å². The van der Waals surface area contributed by atoms with E-state index in [1.54, 1.807) is 19.1 Å². The SMILES string of the molecule is CCOC(=O)COC(=O)c1cc(N(O)SN)c(Cl)cc1NCc1ccco1. The molecule has 1 aromatic heterocycles. The minimum absolute atomic E-state index is 0.0401. The van der Waals surface area contributed by atoms with Crippen LogP contribution in [0.25, 0.3) is 0 Å². The zero-order valence-electron chi connectivity index (χ0n) is 14.3. The molecular formula is C16H18ClN3O6S. The average molecular weight is 416 g/mol. The van der Waals surface area contributed by atoms with Crippen molar-refractivity contribution in [2.24, 2.45) is 5.14 Å². The topological polar surface area (TPSA) is 127 Å². The number of hydrogen-bond donors (Lipinski definition) is 3. The summed E-state index contributed by atoms with van der Waals surface area (Å²) in [6.45, 7) is 1.54. The van der Waals surface area contributed by atoms with Gasteiger partial charge in [0.15, 0.2) is 6.61 Å². The molecule has 0 spiro atoms. The van der Waals surface area contributed by atoms with Crippen molar-refractivity contribution in [3.8, 4) is 0 Å². The van der Waals surface area contributed by atoms with Crippen molar-refractivity contribution in [2.45, 2.75) is 13.5 Å². The zero-order valence-corrected chi connectivity index (χ0v) is 15.9. The third-order valence-electron chi connectivity index (χ3n) is 3.27. The third-order valence-corrected chi connectivity index (χ3v) is 3.97. The van der Waals surface area contributed by atoms with Crippen LogP contribution in [0.4, 0.5) is 11.4 Å². The molecule has 146 valence electrons. The molecule has 9 nitrogen and oxygen atoms in total. The van der Waals surface area contributed by atoms with Crippen LogP contribution in [0.15, 0.2) is 34.9 Å². The number of esters is 2. The van der Waals surface area contributed by atoms with E-state index < -0.39 is 18.5 Å². The quantitative estimate of drug-likeness (QED) is 0.319. The largest absolute Gasteiger partial charge is 0.467 e. The monoisotopic (exact) mass is 415 g/mol. The molecule has 1 aromatic carbocycles. The number of nitrogens with two attached hydrogens (primary N) is 1. The van der Waals surface area contributed by atoms with Crippen LogP contribution in [0.2, 0.25) is 5.02 Å². The van der Waals surface area contributed by atoms with Gasteiger partial charge in [0.2, 0.25) is 0 Å². The van der Waals surface area contributed by atoms with Crippen LogP contribution in [-0.4, -0.2) is 30.4 Å². The smallest absolute Gasteiger partial charge is 0.344 e. The number of furan rings is 1. The van der Waals surface area contributed by atoms with Crippen molar-refractivity contribution in [2.75, 3.05) is 23.0 Å². The fraction of sp³-hybridized carbons (Fsp3) is 0.250. The van der Waals surface area contributed by atoms with Gasteiger partial charge in [-0.15, -0.1) is 0 Å². The van der Waals surface area contributed by atoms with E-state index in [9.17, 15) is 14.8 Å². The zero-order chi connectivity index (χ0) is 19.8. The van der Waals surface area contributed by atoms with Gasteiger partial charge in [-0.25, -0.2) is 9.59 Å². The Kier molecular flexibility index (Phi) is 7.80. The lowest BCUT2D eigenvalue weighted by Gasteiger charge is -2.18. The van der Waals surface area contributed by atoms with E-state index in [2.05, 4.69) is 5.32 Å². The first-order valence-corrected chi connectivity index (χ1v) is 8.96. The first-order chi connectivity index (χ1) is 13.0. The second-order valence-electron chi connectivity index (χ2n) is 5.04. The second-order valence-corrected chi connectivity index (χ2v) is 6.01. The molecule has 0 saturated heterocycles. The lowest BCUT2D eigenvalue weighted by atomic mass is 10.1. The maximum atomic E-state index is 12.4. The molecule has 0 aliphatic carbocycles. The van der Waals surface area contributed by atoms with E-state index in [4.69, 9.17) is 30.6 Å². The van der Waals surface area contributed by atoms with E-state index in [1.165, 1.54) is 18.4 Å². The van der Waals surface area contributed by atoms with Gasteiger partial charge in [-0.05, 0) is 31.2 Å². The van der Waals surface area contributed by atoms with Crippen LogP contribution in [0.1, 0.15) is 23.0 Å². The van der Waals surface area contributed by atoms with Crippen LogP contribution >= 0.6 is 23.7 Å². The molecule has 0 radical (unpaired) electrons. The number of carbonyl (C=O) groups excluding carboxylic acids is 2. The van der Waals surface area contributed by atoms with Crippen LogP contribution in [0.3, 0.4) is 0 Å². The highest BCUT2D eigenvalue weighted by Gasteiger charge is 2.20. The number of benzene rings is 1. The van der Waals surface area contributed by atoms with E-state index in [0.29, 0.717) is 28.1 Å². The van der Waals surface area contributed by atoms with Gasteiger partial charge in [0.05, 0.1) is 53.5 Å². The minimum Gasteiger partial charge on any atom is -0.467 e. The Morgan fingerprint density at radius 3 is 2.81 bits per heavy atom. The van der Waals surface area contributed by atoms with Crippen LogP contribution < -0.4 is 14.9 Å². The highest BCUT2D eigenvalue weighted by molar-refractivity contribution is 7.98. The normalized spacial score (nSPS) is 10.4. The van der Waals surface area contributed by atoms with Crippen molar-refractivity contribution in [3.63, 3.8) is 0 Å². The fourth-order valence-corrected chi connectivity index (χ4v) is 2.64. The van der Waals surface area contributed by atoms with Crippen molar-refractivity contribution < 1.29 is 28.7 Å². The number of carbonyl (C=O) groups is 2. The summed E-state index contributed by atoms with van der Waals surface area (Å²) >= 11 is 6.65. The number of anilines is 2. The number of halogens is 1. The molecule has 27 heavy (non-hydrogen) atoms. The molecule has 0 fully saturated rings. The average Bonchev–Trinajstić information content (AvgIpc) is 3.17. The highest BCUT2D eigenvalue weighted by Crippen LogP contribution is 2.34. The number of nitrogens with one attached hydrogen (secondary N) is 1.